The Kier molecular flexibility index (Phi) is 5.41. The minimum atomic E-state index is -0.474. The fraction of sp³-hybridized carbons (Fsp3) is 0.708. The van der Waals surface area contributed by atoms with Crippen LogP contribution in [0.4, 0.5) is 4.79 Å². The summed E-state index contributed by atoms with van der Waals surface area (Å²) in [6.07, 6.45) is 4.81. The molecule has 160 valence electrons. The largest absolute Gasteiger partial charge is 0.443 e. The molecular formula is C24H35NO4. The molecule has 1 saturated carbocycles. The number of carbonyl (C=O) groups excluding carboxylic acids is 1. The first-order valence-corrected chi connectivity index (χ1v) is 11.1. The Balaban J connectivity index is 1.39. The van der Waals surface area contributed by atoms with Crippen LogP contribution in [0, 0.1) is 12.3 Å². The normalized spacial score (nSPS) is 26.3. The van der Waals surface area contributed by atoms with Gasteiger partial charge in [-0.25, -0.2) is 4.79 Å². The highest BCUT2D eigenvalue weighted by Gasteiger charge is 2.51. The monoisotopic (exact) mass is 401 g/mol. The highest BCUT2D eigenvalue weighted by Crippen LogP contribution is 2.47. The number of hydrogen-bond acceptors (Lipinski definition) is 4. The minimum absolute atomic E-state index is 0.0719. The van der Waals surface area contributed by atoms with Gasteiger partial charge < -0.3 is 19.1 Å². The summed E-state index contributed by atoms with van der Waals surface area (Å²) in [7, 11) is 0. The Morgan fingerprint density at radius 2 is 1.62 bits per heavy atom. The van der Waals surface area contributed by atoms with Gasteiger partial charge in [0.2, 0.25) is 0 Å². The summed E-state index contributed by atoms with van der Waals surface area (Å²) in [4.78, 5) is 14.9. The fourth-order valence-electron chi connectivity index (χ4n) is 4.88. The van der Waals surface area contributed by atoms with E-state index >= 15 is 0 Å². The minimum Gasteiger partial charge on any atom is -0.443 e. The number of ether oxygens (including phenoxy) is 3. The molecule has 2 saturated heterocycles. The van der Waals surface area contributed by atoms with Crippen molar-refractivity contribution in [3.63, 3.8) is 0 Å². The molecule has 29 heavy (non-hydrogen) atoms. The first-order chi connectivity index (χ1) is 13.8. The summed E-state index contributed by atoms with van der Waals surface area (Å²) >= 11 is 0. The molecule has 2 heterocycles. The first-order valence-electron chi connectivity index (χ1n) is 11.1. The maximum atomic E-state index is 13.0. The molecule has 3 aliphatic rings. The number of hydrogen-bond donors (Lipinski definition) is 0. The van der Waals surface area contributed by atoms with Crippen LogP contribution in [0.25, 0.3) is 0 Å². The number of benzene rings is 1. The van der Waals surface area contributed by atoms with Crippen molar-refractivity contribution in [3.8, 4) is 0 Å². The van der Waals surface area contributed by atoms with Gasteiger partial charge in [0, 0.05) is 31.2 Å². The number of rotatable bonds is 3. The molecule has 1 atom stereocenters. The zero-order valence-corrected chi connectivity index (χ0v) is 18.3. The molecule has 5 heteroatoms. The maximum Gasteiger partial charge on any atom is 0.410 e. The van der Waals surface area contributed by atoms with E-state index in [0.717, 1.165) is 58.3 Å². The molecule has 1 aromatic carbocycles. The Labute approximate surface area is 174 Å². The van der Waals surface area contributed by atoms with E-state index in [1.54, 1.807) is 0 Å². The van der Waals surface area contributed by atoms with E-state index in [1.165, 1.54) is 11.1 Å². The van der Waals surface area contributed by atoms with E-state index < -0.39 is 5.79 Å². The summed E-state index contributed by atoms with van der Waals surface area (Å²) in [6.45, 7) is 10.7. The molecule has 0 aromatic heterocycles. The lowest BCUT2D eigenvalue weighted by atomic mass is 9.77. The van der Waals surface area contributed by atoms with Crippen LogP contribution in [0.3, 0.4) is 0 Å². The number of amides is 1. The summed E-state index contributed by atoms with van der Waals surface area (Å²) in [5, 5.41) is 0. The molecule has 0 N–H and O–H groups in total. The Morgan fingerprint density at radius 1 is 1.00 bits per heavy atom. The average molecular weight is 402 g/mol. The highest BCUT2D eigenvalue weighted by molar-refractivity contribution is 5.70. The Bertz CT molecular complexity index is 722. The van der Waals surface area contributed by atoms with Crippen molar-refractivity contribution in [1.82, 2.24) is 4.90 Å². The summed E-state index contributed by atoms with van der Waals surface area (Å²) in [5.74, 6) is -0.474. The van der Waals surface area contributed by atoms with Gasteiger partial charge in [-0.1, -0.05) is 50.6 Å². The standard InChI is InChI=1S/C24H35NO4/c1-5-20(19-8-6-18(2)7-9-19)25-15-14-23(29-21(25)26)10-12-24(13-11-23)27-16-22(3,4)17-28-24/h6-9,20H,5,10-17H2,1-4H3/t20-/m0/s1. The molecule has 1 aromatic rings. The fourth-order valence-corrected chi connectivity index (χ4v) is 4.88. The van der Waals surface area contributed by atoms with Gasteiger partial charge >= 0.3 is 6.09 Å². The molecule has 0 radical (unpaired) electrons. The van der Waals surface area contributed by atoms with Crippen LogP contribution in [0.15, 0.2) is 24.3 Å². The highest BCUT2D eigenvalue weighted by atomic mass is 16.7. The second-order valence-corrected chi connectivity index (χ2v) is 9.98. The van der Waals surface area contributed by atoms with Crippen molar-refractivity contribution in [2.75, 3.05) is 19.8 Å². The summed E-state index contributed by atoms with van der Waals surface area (Å²) in [6, 6.07) is 8.56. The van der Waals surface area contributed by atoms with Gasteiger partial charge in [-0.3, -0.25) is 0 Å². The molecule has 2 spiro atoms. The lowest BCUT2D eigenvalue weighted by Gasteiger charge is -2.51. The molecule has 0 bridgehead atoms. The van der Waals surface area contributed by atoms with Gasteiger partial charge in [-0.05, 0) is 31.7 Å². The predicted molar refractivity (Wildman–Crippen MR) is 112 cm³/mol. The van der Waals surface area contributed by atoms with Gasteiger partial charge in [0.15, 0.2) is 5.79 Å². The van der Waals surface area contributed by atoms with Crippen LogP contribution in [0.5, 0.6) is 0 Å². The second kappa shape index (κ2) is 7.59. The van der Waals surface area contributed by atoms with Crippen molar-refractivity contribution < 1.29 is 19.0 Å². The van der Waals surface area contributed by atoms with Crippen LogP contribution < -0.4 is 0 Å². The Morgan fingerprint density at radius 3 is 2.17 bits per heavy atom. The summed E-state index contributed by atoms with van der Waals surface area (Å²) < 4.78 is 18.4. The maximum absolute atomic E-state index is 13.0. The molecule has 1 amide bonds. The van der Waals surface area contributed by atoms with Gasteiger partial charge in [0.25, 0.3) is 0 Å². The lowest BCUT2D eigenvalue weighted by molar-refractivity contribution is -0.320. The van der Waals surface area contributed by atoms with E-state index in [1.807, 2.05) is 4.90 Å². The van der Waals surface area contributed by atoms with Crippen molar-refractivity contribution >= 4 is 6.09 Å². The molecule has 4 rings (SSSR count). The quantitative estimate of drug-likeness (QED) is 0.683. The van der Waals surface area contributed by atoms with E-state index in [0.29, 0.717) is 0 Å². The van der Waals surface area contributed by atoms with Crippen molar-refractivity contribution in [1.29, 1.82) is 0 Å². The molecule has 3 fully saturated rings. The zero-order chi connectivity index (χ0) is 20.7. The smallest absolute Gasteiger partial charge is 0.410 e. The Hall–Kier alpha value is -1.59. The van der Waals surface area contributed by atoms with Gasteiger partial charge in [-0.2, -0.15) is 0 Å². The number of nitrogens with zero attached hydrogens (tertiary/aromatic N) is 1. The van der Waals surface area contributed by atoms with Crippen LogP contribution in [-0.4, -0.2) is 42.1 Å². The molecule has 5 nitrogen and oxygen atoms in total. The SMILES string of the molecule is CC[C@@H](c1ccc(C)cc1)N1CCC2(CCC3(CC2)OCC(C)(C)CO3)OC1=O. The summed E-state index contributed by atoms with van der Waals surface area (Å²) in [5.41, 5.74) is 2.13. The van der Waals surface area contributed by atoms with Crippen molar-refractivity contribution in [3.05, 3.63) is 35.4 Å². The molecule has 1 aliphatic carbocycles. The van der Waals surface area contributed by atoms with Crippen LogP contribution >= 0.6 is 0 Å². The zero-order valence-electron chi connectivity index (χ0n) is 18.3. The third-order valence-electron chi connectivity index (χ3n) is 6.95. The van der Waals surface area contributed by atoms with Gasteiger partial charge in [-0.15, -0.1) is 0 Å². The number of aryl methyl sites for hydroxylation is 1. The lowest BCUT2D eigenvalue weighted by Crippen LogP contribution is -2.57. The third kappa shape index (κ3) is 4.17. The van der Waals surface area contributed by atoms with Crippen LogP contribution in [0.1, 0.15) is 76.5 Å². The van der Waals surface area contributed by atoms with Crippen LogP contribution in [0.2, 0.25) is 0 Å². The number of carbonyl (C=O) groups is 1. The predicted octanol–water partition coefficient (Wildman–Crippen LogP) is 5.37. The van der Waals surface area contributed by atoms with Gasteiger partial charge in [0.1, 0.15) is 5.60 Å². The average Bonchev–Trinajstić information content (AvgIpc) is 2.70. The molecule has 0 unspecified atom stereocenters. The van der Waals surface area contributed by atoms with E-state index in [-0.39, 0.29) is 23.2 Å². The van der Waals surface area contributed by atoms with E-state index in [4.69, 9.17) is 14.2 Å². The van der Waals surface area contributed by atoms with E-state index in [9.17, 15) is 4.79 Å². The van der Waals surface area contributed by atoms with Crippen molar-refractivity contribution in [2.24, 2.45) is 5.41 Å². The first kappa shape index (κ1) is 20.7. The topological polar surface area (TPSA) is 48.0 Å². The van der Waals surface area contributed by atoms with Crippen molar-refractivity contribution in [2.45, 2.75) is 83.6 Å². The molecule has 2 aliphatic heterocycles. The third-order valence-corrected chi connectivity index (χ3v) is 6.95. The molecular weight excluding hydrogens is 366 g/mol. The van der Waals surface area contributed by atoms with Gasteiger partial charge in [0.05, 0.1) is 19.3 Å². The van der Waals surface area contributed by atoms with E-state index in [2.05, 4.69) is 52.0 Å². The van der Waals surface area contributed by atoms with Crippen LogP contribution in [-0.2, 0) is 14.2 Å². The second-order valence-electron chi connectivity index (χ2n) is 9.98.